The van der Waals surface area contributed by atoms with Gasteiger partial charge < -0.3 is 20.5 Å². The van der Waals surface area contributed by atoms with E-state index in [1.165, 1.54) is 0 Å². The summed E-state index contributed by atoms with van der Waals surface area (Å²) < 4.78 is 10.5. The highest BCUT2D eigenvalue weighted by molar-refractivity contribution is 5.65. The van der Waals surface area contributed by atoms with Gasteiger partial charge in [-0.3, -0.25) is 0 Å². The second kappa shape index (κ2) is 3.86. The van der Waals surface area contributed by atoms with Crippen molar-refractivity contribution in [1.29, 1.82) is 0 Å². The number of nitrogens with two attached hydrogens (primary N) is 1. The lowest BCUT2D eigenvalue weighted by Gasteiger charge is -2.07. The third-order valence-corrected chi connectivity index (χ3v) is 2.44. The van der Waals surface area contributed by atoms with Crippen molar-refractivity contribution < 1.29 is 9.47 Å². The molecule has 0 bridgehead atoms. The molecule has 3 N–H and O–H groups in total. The van der Waals surface area contributed by atoms with Crippen molar-refractivity contribution in [3.63, 3.8) is 0 Å². The summed E-state index contributed by atoms with van der Waals surface area (Å²) in [5.74, 6) is 2.00. The maximum absolute atomic E-state index is 5.61. The minimum Gasteiger partial charge on any atom is -0.454 e. The molecule has 0 radical (unpaired) electrons. The number of anilines is 3. The fraction of sp³-hybridized carbons (Fsp3) is 0.0833. The first-order valence-electron chi connectivity index (χ1n) is 5.19. The number of aromatic nitrogens is 1. The summed E-state index contributed by atoms with van der Waals surface area (Å²) in [4.78, 5) is 3.93. The molecule has 1 aliphatic rings. The Morgan fingerprint density at radius 1 is 1.06 bits per heavy atom. The first-order valence-corrected chi connectivity index (χ1v) is 5.19. The van der Waals surface area contributed by atoms with Gasteiger partial charge in [-0.05, 0) is 18.2 Å². The maximum Gasteiger partial charge on any atom is 0.231 e. The average molecular weight is 229 g/mol. The highest BCUT2D eigenvalue weighted by Gasteiger charge is 2.13. The Hall–Kier alpha value is -2.43. The van der Waals surface area contributed by atoms with Crippen molar-refractivity contribution in [3.8, 4) is 11.5 Å². The highest BCUT2D eigenvalue weighted by Crippen LogP contribution is 2.35. The number of hydrogen-bond acceptors (Lipinski definition) is 5. The van der Waals surface area contributed by atoms with Gasteiger partial charge in [0.05, 0.1) is 0 Å². The van der Waals surface area contributed by atoms with E-state index in [1.54, 1.807) is 12.3 Å². The molecule has 0 saturated carbocycles. The molecule has 0 spiro atoms. The summed E-state index contributed by atoms with van der Waals surface area (Å²) in [5.41, 5.74) is 7.41. The summed E-state index contributed by atoms with van der Waals surface area (Å²) in [6.07, 6.45) is 1.66. The molecule has 1 aromatic carbocycles. The summed E-state index contributed by atoms with van der Waals surface area (Å²) in [6.45, 7) is 0.279. The molecule has 5 heteroatoms. The quantitative estimate of drug-likeness (QED) is 0.825. The predicted molar refractivity (Wildman–Crippen MR) is 64.5 cm³/mol. The Morgan fingerprint density at radius 2 is 1.88 bits per heavy atom. The van der Waals surface area contributed by atoms with Crippen LogP contribution >= 0.6 is 0 Å². The molecule has 2 aromatic rings. The van der Waals surface area contributed by atoms with Crippen molar-refractivity contribution in [1.82, 2.24) is 4.98 Å². The second-order valence-corrected chi connectivity index (χ2v) is 3.66. The third-order valence-electron chi connectivity index (χ3n) is 2.44. The molecule has 2 heterocycles. The topological polar surface area (TPSA) is 69.4 Å². The van der Waals surface area contributed by atoms with Gasteiger partial charge in [0.1, 0.15) is 5.82 Å². The molecule has 5 nitrogen and oxygen atoms in total. The van der Waals surface area contributed by atoms with Crippen LogP contribution in [0.25, 0.3) is 0 Å². The molecular weight excluding hydrogens is 218 g/mol. The Labute approximate surface area is 98.2 Å². The summed E-state index contributed by atoms with van der Waals surface area (Å²) in [6, 6.07) is 9.30. The van der Waals surface area contributed by atoms with Crippen LogP contribution in [0.3, 0.4) is 0 Å². The fourth-order valence-electron chi connectivity index (χ4n) is 1.67. The van der Waals surface area contributed by atoms with Crippen LogP contribution in [-0.4, -0.2) is 11.8 Å². The van der Waals surface area contributed by atoms with Crippen molar-refractivity contribution in [2.45, 2.75) is 0 Å². The average Bonchev–Trinajstić information content (AvgIpc) is 2.76. The lowest BCUT2D eigenvalue weighted by Crippen LogP contribution is -1.94. The van der Waals surface area contributed by atoms with E-state index in [9.17, 15) is 0 Å². The zero-order valence-corrected chi connectivity index (χ0v) is 9.01. The number of nitrogens with zero attached hydrogens (tertiary/aromatic N) is 1. The summed E-state index contributed by atoms with van der Waals surface area (Å²) in [5, 5.41) is 3.22. The van der Waals surface area contributed by atoms with E-state index in [0.29, 0.717) is 5.82 Å². The van der Waals surface area contributed by atoms with E-state index < -0.39 is 0 Å². The SMILES string of the molecule is Nc1cc(Nc2ccc3c(c2)OCO3)ccn1. The van der Waals surface area contributed by atoms with Crippen LogP contribution in [0.1, 0.15) is 0 Å². The van der Waals surface area contributed by atoms with Crippen LogP contribution < -0.4 is 20.5 Å². The van der Waals surface area contributed by atoms with Crippen LogP contribution in [0.15, 0.2) is 36.5 Å². The van der Waals surface area contributed by atoms with Gasteiger partial charge in [0, 0.05) is 29.7 Å². The third kappa shape index (κ3) is 1.94. The normalized spacial score (nSPS) is 12.5. The van der Waals surface area contributed by atoms with Crippen LogP contribution in [0.4, 0.5) is 17.2 Å². The van der Waals surface area contributed by atoms with Crippen molar-refractivity contribution in [2.75, 3.05) is 17.8 Å². The standard InChI is InChI=1S/C12H11N3O2/c13-12-6-9(3-4-14-12)15-8-1-2-10-11(5-8)17-7-16-10/h1-6H,7H2,(H3,13,14,15). The predicted octanol–water partition coefficient (Wildman–Crippen LogP) is 2.14. The van der Waals surface area contributed by atoms with Crippen LogP contribution in [0.2, 0.25) is 0 Å². The Balaban J connectivity index is 1.86. The molecule has 3 rings (SSSR count). The monoisotopic (exact) mass is 229 g/mol. The first kappa shape index (κ1) is 9.77. The van der Waals surface area contributed by atoms with Gasteiger partial charge in [-0.15, -0.1) is 0 Å². The molecule has 86 valence electrons. The van der Waals surface area contributed by atoms with E-state index in [4.69, 9.17) is 15.2 Å². The smallest absolute Gasteiger partial charge is 0.231 e. The molecule has 17 heavy (non-hydrogen) atoms. The van der Waals surface area contributed by atoms with Gasteiger partial charge in [-0.1, -0.05) is 0 Å². The van der Waals surface area contributed by atoms with Gasteiger partial charge in [0.2, 0.25) is 6.79 Å². The van der Waals surface area contributed by atoms with E-state index in [0.717, 1.165) is 22.9 Å². The number of fused-ring (bicyclic) bond motifs is 1. The van der Waals surface area contributed by atoms with Crippen molar-refractivity contribution in [3.05, 3.63) is 36.5 Å². The molecule has 0 aliphatic carbocycles. The molecule has 0 fully saturated rings. The Kier molecular flexibility index (Phi) is 2.22. The number of pyridine rings is 1. The largest absolute Gasteiger partial charge is 0.454 e. The molecule has 0 atom stereocenters. The molecule has 1 aliphatic heterocycles. The fourth-order valence-corrected chi connectivity index (χ4v) is 1.67. The number of nitrogens with one attached hydrogen (secondary N) is 1. The number of nitrogen functional groups attached to an aromatic ring is 1. The minimum atomic E-state index is 0.279. The van der Waals surface area contributed by atoms with Crippen LogP contribution in [0.5, 0.6) is 11.5 Å². The van der Waals surface area contributed by atoms with E-state index >= 15 is 0 Å². The summed E-state index contributed by atoms with van der Waals surface area (Å²) in [7, 11) is 0. The first-order chi connectivity index (χ1) is 8.31. The van der Waals surface area contributed by atoms with E-state index in [2.05, 4.69) is 10.3 Å². The van der Waals surface area contributed by atoms with Gasteiger partial charge >= 0.3 is 0 Å². The van der Waals surface area contributed by atoms with Gasteiger partial charge in [-0.2, -0.15) is 0 Å². The van der Waals surface area contributed by atoms with Crippen molar-refractivity contribution >= 4 is 17.2 Å². The number of rotatable bonds is 2. The van der Waals surface area contributed by atoms with Crippen molar-refractivity contribution in [2.24, 2.45) is 0 Å². The Morgan fingerprint density at radius 3 is 2.76 bits per heavy atom. The van der Waals surface area contributed by atoms with E-state index in [1.807, 2.05) is 24.3 Å². The molecule has 0 amide bonds. The highest BCUT2D eigenvalue weighted by atomic mass is 16.7. The second-order valence-electron chi connectivity index (χ2n) is 3.66. The van der Waals surface area contributed by atoms with Gasteiger partial charge in [-0.25, -0.2) is 4.98 Å². The number of benzene rings is 1. The van der Waals surface area contributed by atoms with Gasteiger partial charge in [0.15, 0.2) is 11.5 Å². The lowest BCUT2D eigenvalue weighted by atomic mass is 10.2. The number of hydrogen-bond donors (Lipinski definition) is 2. The minimum absolute atomic E-state index is 0.279. The molecular formula is C12H11N3O2. The zero-order chi connectivity index (χ0) is 11.7. The van der Waals surface area contributed by atoms with E-state index in [-0.39, 0.29) is 6.79 Å². The van der Waals surface area contributed by atoms with Gasteiger partial charge in [0.25, 0.3) is 0 Å². The zero-order valence-electron chi connectivity index (χ0n) is 9.01. The summed E-state index contributed by atoms with van der Waals surface area (Å²) >= 11 is 0. The maximum atomic E-state index is 5.61. The molecule has 0 saturated heterocycles. The molecule has 1 aromatic heterocycles. The number of ether oxygens (including phenoxy) is 2. The van der Waals surface area contributed by atoms with Crippen LogP contribution in [0, 0.1) is 0 Å². The lowest BCUT2D eigenvalue weighted by molar-refractivity contribution is 0.174. The Bertz CT molecular complexity index is 557. The van der Waals surface area contributed by atoms with Crippen LogP contribution in [-0.2, 0) is 0 Å². The molecule has 0 unspecified atom stereocenters.